The van der Waals surface area contributed by atoms with Gasteiger partial charge in [0.2, 0.25) is 0 Å². The van der Waals surface area contributed by atoms with Gasteiger partial charge in [-0.15, -0.1) is 0 Å². The van der Waals surface area contributed by atoms with Gasteiger partial charge in [0.15, 0.2) is 0 Å². The average molecular weight is 270 g/mol. The van der Waals surface area contributed by atoms with E-state index in [2.05, 4.69) is 16.0 Å². The van der Waals surface area contributed by atoms with Crippen LogP contribution in [0.2, 0.25) is 0 Å². The first-order valence-corrected chi connectivity index (χ1v) is 6.63. The number of nitrogens with one attached hydrogen (secondary N) is 1. The number of hydrogen-bond donors (Lipinski definition) is 1. The molecule has 5 heteroatoms. The third-order valence-corrected chi connectivity index (χ3v) is 3.44. The van der Waals surface area contributed by atoms with Crippen molar-refractivity contribution in [3.63, 3.8) is 0 Å². The van der Waals surface area contributed by atoms with Crippen molar-refractivity contribution in [2.75, 3.05) is 19.8 Å². The number of imidazole rings is 1. The van der Waals surface area contributed by atoms with Crippen LogP contribution in [0.25, 0.3) is 22.4 Å². The van der Waals surface area contributed by atoms with E-state index in [1.807, 2.05) is 24.4 Å². The Kier molecular flexibility index (Phi) is 2.79. The summed E-state index contributed by atoms with van der Waals surface area (Å²) in [4.78, 5) is 7.36. The summed E-state index contributed by atoms with van der Waals surface area (Å²) >= 11 is 0. The number of benzene rings is 1. The fourth-order valence-corrected chi connectivity index (χ4v) is 2.45. The van der Waals surface area contributed by atoms with Crippen LogP contribution >= 0.6 is 0 Å². The molecule has 0 aliphatic carbocycles. The van der Waals surface area contributed by atoms with Crippen molar-refractivity contribution in [2.24, 2.45) is 0 Å². The molecule has 20 heavy (non-hydrogen) atoms. The molecule has 0 saturated carbocycles. The normalized spacial score (nSPS) is 19.5. The van der Waals surface area contributed by atoms with Gasteiger partial charge in [0.25, 0.3) is 0 Å². The molecule has 1 unspecified atom stereocenters. The van der Waals surface area contributed by atoms with Crippen LogP contribution < -0.4 is 0 Å². The van der Waals surface area contributed by atoms with E-state index in [1.54, 1.807) is 6.20 Å². The molecule has 3 aromatic rings. The van der Waals surface area contributed by atoms with Gasteiger partial charge in [0.1, 0.15) is 23.3 Å². The van der Waals surface area contributed by atoms with Crippen LogP contribution in [-0.4, -0.2) is 29.8 Å². The summed E-state index contributed by atoms with van der Waals surface area (Å²) in [6, 6.07) is 8.03. The van der Waals surface area contributed by atoms with Crippen LogP contribution in [0.4, 0.5) is 0 Å². The highest BCUT2D eigenvalue weighted by Crippen LogP contribution is 2.30. The SMILES string of the molecule is c1c[nH]c(-c2ccc3oc(C4COCCO4)cc3c2)n1. The third-order valence-electron chi connectivity index (χ3n) is 3.44. The second-order valence-corrected chi connectivity index (χ2v) is 4.77. The Labute approximate surface area is 115 Å². The molecule has 1 N–H and O–H groups in total. The molecule has 5 nitrogen and oxygen atoms in total. The lowest BCUT2D eigenvalue weighted by Gasteiger charge is -2.20. The smallest absolute Gasteiger partial charge is 0.138 e. The Morgan fingerprint density at radius 2 is 2.20 bits per heavy atom. The van der Waals surface area contributed by atoms with Gasteiger partial charge in [0, 0.05) is 23.3 Å². The van der Waals surface area contributed by atoms with Gasteiger partial charge in [0.05, 0.1) is 19.8 Å². The van der Waals surface area contributed by atoms with E-state index in [9.17, 15) is 0 Å². The molecule has 0 radical (unpaired) electrons. The molecular weight excluding hydrogens is 256 g/mol. The van der Waals surface area contributed by atoms with Gasteiger partial charge in [-0.05, 0) is 24.3 Å². The Hall–Kier alpha value is -2.11. The lowest BCUT2D eigenvalue weighted by Crippen LogP contribution is -2.21. The Bertz CT molecular complexity index is 712. The monoisotopic (exact) mass is 270 g/mol. The molecule has 0 spiro atoms. The van der Waals surface area contributed by atoms with Crippen molar-refractivity contribution >= 4 is 11.0 Å². The number of nitrogens with zero attached hydrogens (tertiary/aromatic N) is 1. The number of rotatable bonds is 2. The second-order valence-electron chi connectivity index (χ2n) is 4.77. The summed E-state index contributed by atoms with van der Waals surface area (Å²) in [6.07, 6.45) is 3.45. The standard InChI is InChI=1S/C15H14N2O3/c1-2-12-11(7-10(1)15-16-3-4-17-15)8-13(20-12)14-9-18-5-6-19-14/h1-4,7-8,14H,5-6,9H2,(H,16,17). The van der Waals surface area contributed by atoms with E-state index >= 15 is 0 Å². The minimum Gasteiger partial charge on any atom is -0.458 e. The van der Waals surface area contributed by atoms with Crippen LogP contribution in [0.15, 0.2) is 41.1 Å². The van der Waals surface area contributed by atoms with Crippen LogP contribution in [0.1, 0.15) is 11.9 Å². The molecule has 0 bridgehead atoms. The maximum absolute atomic E-state index is 5.84. The molecule has 0 amide bonds. The first kappa shape index (κ1) is 11.7. The molecule has 1 atom stereocenters. The fraction of sp³-hybridized carbons (Fsp3) is 0.267. The molecule has 1 aromatic carbocycles. The molecule has 3 heterocycles. The first-order valence-electron chi connectivity index (χ1n) is 6.63. The predicted molar refractivity (Wildman–Crippen MR) is 73.3 cm³/mol. The highest BCUT2D eigenvalue weighted by molar-refractivity contribution is 5.82. The van der Waals surface area contributed by atoms with E-state index in [0.29, 0.717) is 19.8 Å². The van der Waals surface area contributed by atoms with Crippen molar-refractivity contribution in [1.29, 1.82) is 0 Å². The Morgan fingerprint density at radius 1 is 1.20 bits per heavy atom. The summed E-state index contributed by atoms with van der Waals surface area (Å²) < 4.78 is 16.9. The predicted octanol–water partition coefficient (Wildman–Crippen LogP) is 2.91. The van der Waals surface area contributed by atoms with E-state index in [-0.39, 0.29) is 6.10 Å². The first-order chi connectivity index (χ1) is 9.90. The Morgan fingerprint density at radius 3 is 3.00 bits per heavy atom. The number of H-pyrrole nitrogens is 1. The largest absolute Gasteiger partial charge is 0.458 e. The van der Waals surface area contributed by atoms with Crippen LogP contribution in [0.5, 0.6) is 0 Å². The zero-order valence-electron chi connectivity index (χ0n) is 10.8. The lowest BCUT2D eigenvalue weighted by molar-refractivity contribution is -0.0971. The minimum absolute atomic E-state index is 0.108. The quantitative estimate of drug-likeness (QED) is 0.777. The van der Waals surface area contributed by atoms with Crippen LogP contribution in [0.3, 0.4) is 0 Å². The number of aromatic amines is 1. The van der Waals surface area contributed by atoms with Gasteiger partial charge >= 0.3 is 0 Å². The maximum Gasteiger partial charge on any atom is 0.138 e. The molecule has 1 fully saturated rings. The molecule has 2 aromatic heterocycles. The van der Waals surface area contributed by atoms with Crippen molar-refractivity contribution in [2.45, 2.75) is 6.10 Å². The summed E-state index contributed by atoms with van der Waals surface area (Å²) in [5.74, 6) is 1.67. The van der Waals surface area contributed by atoms with Crippen molar-refractivity contribution in [3.05, 3.63) is 42.4 Å². The third kappa shape index (κ3) is 2.01. The second kappa shape index (κ2) is 4.77. The molecule has 1 saturated heterocycles. The minimum atomic E-state index is -0.108. The molecule has 1 aliphatic heterocycles. The van der Waals surface area contributed by atoms with Crippen LogP contribution in [0, 0.1) is 0 Å². The summed E-state index contributed by atoms with van der Waals surface area (Å²) in [6.45, 7) is 1.81. The molecular formula is C15H14N2O3. The summed E-state index contributed by atoms with van der Waals surface area (Å²) in [5.41, 5.74) is 1.89. The Balaban J connectivity index is 1.72. The van der Waals surface area contributed by atoms with Gasteiger partial charge in [-0.1, -0.05) is 0 Å². The van der Waals surface area contributed by atoms with Gasteiger partial charge < -0.3 is 18.9 Å². The van der Waals surface area contributed by atoms with Gasteiger partial charge in [-0.3, -0.25) is 0 Å². The highest BCUT2D eigenvalue weighted by Gasteiger charge is 2.20. The number of aromatic nitrogens is 2. The van der Waals surface area contributed by atoms with E-state index in [1.165, 1.54) is 0 Å². The molecule has 1 aliphatic rings. The fourth-order valence-electron chi connectivity index (χ4n) is 2.45. The van der Waals surface area contributed by atoms with Gasteiger partial charge in [-0.2, -0.15) is 0 Å². The molecule has 102 valence electrons. The van der Waals surface area contributed by atoms with E-state index in [4.69, 9.17) is 13.9 Å². The van der Waals surface area contributed by atoms with Crippen molar-refractivity contribution < 1.29 is 13.9 Å². The van der Waals surface area contributed by atoms with Gasteiger partial charge in [-0.25, -0.2) is 4.98 Å². The highest BCUT2D eigenvalue weighted by atomic mass is 16.6. The zero-order chi connectivity index (χ0) is 13.4. The number of furan rings is 1. The maximum atomic E-state index is 5.84. The number of fused-ring (bicyclic) bond motifs is 1. The number of hydrogen-bond acceptors (Lipinski definition) is 4. The van der Waals surface area contributed by atoms with Crippen molar-refractivity contribution in [1.82, 2.24) is 9.97 Å². The molecule has 4 rings (SSSR count). The van der Waals surface area contributed by atoms with E-state index in [0.717, 1.165) is 28.1 Å². The average Bonchev–Trinajstić information content (AvgIpc) is 3.16. The summed E-state index contributed by atoms with van der Waals surface area (Å²) in [7, 11) is 0. The summed E-state index contributed by atoms with van der Waals surface area (Å²) in [5, 5.41) is 1.04. The van der Waals surface area contributed by atoms with E-state index < -0.39 is 0 Å². The zero-order valence-corrected chi connectivity index (χ0v) is 10.8. The van der Waals surface area contributed by atoms with Crippen LogP contribution in [-0.2, 0) is 9.47 Å². The number of ether oxygens (including phenoxy) is 2. The van der Waals surface area contributed by atoms with Crippen molar-refractivity contribution in [3.8, 4) is 11.4 Å². The topological polar surface area (TPSA) is 60.3 Å². The lowest BCUT2D eigenvalue weighted by atomic mass is 10.1.